The number of carbonyl (C=O) groups is 2. The summed E-state index contributed by atoms with van der Waals surface area (Å²) in [7, 11) is 0. The minimum Gasteiger partial charge on any atom is -0.481 e. The molecular formula is C17H19ClFNO5. The molecular weight excluding hydrogens is 353 g/mol. The molecule has 1 aromatic rings. The fraction of sp³-hybridized carbons (Fsp3) is 0.529. The standard InChI is InChI=1S/C17H19ClFNO5/c1-10(25-14-3-2-12(19)6-13(14)18)15(21)20-7-11-8-24-5-4-17(11,9-20)16(22)23/h2-3,6,10-11H,4-5,7-9H2,1H3,(H,22,23)/t10?,11-,17+/m0/s1. The first-order chi connectivity index (χ1) is 11.8. The summed E-state index contributed by atoms with van der Waals surface area (Å²) >= 11 is 5.92. The van der Waals surface area contributed by atoms with E-state index in [0.717, 1.165) is 6.07 Å². The number of halogens is 2. The molecule has 1 N–H and O–H groups in total. The maximum absolute atomic E-state index is 13.1. The van der Waals surface area contributed by atoms with Gasteiger partial charge >= 0.3 is 5.97 Å². The number of carboxylic acid groups (broad SMARTS) is 1. The number of carboxylic acids is 1. The highest BCUT2D eigenvalue weighted by Gasteiger charge is 2.55. The summed E-state index contributed by atoms with van der Waals surface area (Å²) in [6.45, 7) is 2.72. The van der Waals surface area contributed by atoms with E-state index in [4.69, 9.17) is 21.1 Å². The highest BCUT2D eigenvalue weighted by Crippen LogP contribution is 2.42. The quantitative estimate of drug-likeness (QED) is 0.878. The molecule has 25 heavy (non-hydrogen) atoms. The second-order valence-electron chi connectivity index (χ2n) is 6.54. The van der Waals surface area contributed by atoms with Gasteiger partial charge in [0.1, 0.15) is 11.6 Å². The first kappa shape index (κ1) is 17.9. The Morgan fingerprint density at radius 1 is 1.52 bits per heavy atom. The SMILES string of the molecule is CC(Oc1ccc(F)cc1Cl)C(=O)N1C[C@H]2COCC[C@@]2(C(=O)O)C1. The summed E-state index contributed by atoms with van der Waals surface area (Å²) in [4.78, 5) is 26.0. The van der Waals surface area contributed by atoms with Crippen molar-refractivity contribution in [3.8, 4) is 5.75 Å². The van der Waals surface area contributed by atoms with E-state index in [1.165, 1.54) is 17.0 Å². The predicted octanol–water partition coefficient (Wildman–Crippen LogP) is 2.20. The van der Waals surface area contributed by atoms with Gasteiger partial charge in [0.05, 0.1) is 17.0 Å². The van der Waals surface area contributed by atoms with E-state index in [9.17, 15) is 19.1 Å². The smallest absolute Gasteiger partial charge is 0.311 e. The zero-order valence-corrected chi connectivity index (χ0v) is 14.5. The van der Waals surface area contributed by atoms with Gasteiger partial charge in [-0.15, -0.1) is 0 Å². The van der Waals surface area contributed by atoms with Crippen LogP contribution in [-0.2, 0) is 14.3 Å². The molecule has 1 unspecified atom stereocenters. The number of hydrogen-bond acceptors (Lipinski definition) is 4. The molecule has 2 fully saturated rings. The van der Waals surface area contributed by atoms with E-state index < -0.39 is 23.3 Å². The van der Waals surface area contributed by atoms with Gasteiger partial charge in [-0.25, -0.2) is 4.39 Å². The van der Waals surface area contributed by atoms with Crippen LogP contribution in [0.4, 0.5) is 4.39 Å². The van der Waals surface area contributed by atoms with Crippen molar-refractivity contribution in [1.82, 2.24) is 4.90 Å². The van der Waals surface area contributed by atoms with Gasteiger partial charge in [-0.05, 0) is 31.5 Å². The molecule has 8 heteroatoms. The molecule has 0 aliphatic carbocycles. The van der Waals surface area contributed by atoms with Crippen LogP contribution >= 0.6 is 11.6 Å². The van der Waals surface area contributed by atoms with Crippen LogP contribution in [0.3, 0.4) is 0 Å². The number of likely N-dealkylation sites (tertiary alicyclic amines) is 1. The Labute approximate surface area is 149 Å². The second-order valence-corrected chi connectivity index (χ2v) is 6.94. The lowest BCUT2D eigenvalue weighted by Crippen LogP contribution is -2.45. The summed E-state index contributed by atoms with van der Waals surface area (Å²) in [5.74, 6) is -1.74. The van der Waals surface area contributed by atoms with E-state index in [0.29, 0.717) is 26.2 Å². The van der Waals surface area contributed by atoms with Crippen molar-refractivity contribution in [2.24, 2.45) is 11.3 Å². The molecule has 3 rings (SSSR count). The number of hydrogen-bond donors (Lipinski definition) is 1. The molecule has 2 heterocycles. The highest BCUT2D eigenvalue weighted by atomic mass is 35.5. The lowest BCUT2D eigenvalue weighted by atomic mass is 9.74. The third kappa shape index (κ3) is 3.30. The number of fused-ring (bicyclic) bond motifs is 1. The summed E-state index contributed by atoms with van der Waals surface area (Å²) in [6.07, 6.45) is -0.481. The maximum atomic E-state index is 13.1. The van der Waals surface area contributed by atoms with E-state index in [2.05, 4.69) is 0 Å². The molecule has 2 aliphatic heterocycles. The molecule has 2 saturated heterocycles. The van der Waals surface area contributed by atoms with Crippen molar-refractivity contribution in [2.45, 2.75) is 19.4 Å². The summed E-state index contributed by atoms with van der Waals surface area (Å²) in [5.41, 5.74) is -0.957. The van der Waals surface area contributed by atoms with E-state index in [1.54, 1.807) is 6.92 Å². The molecule has 1 amide bonds. The Hall–Kier alpha value is -1.86. The number of aliphatic carboxylic acids is 1. The zero-order chi connectivity index (χ0) is 18.2. The summed E-state index contributed by atoms with van der Waals surface area (Å²) < 4.78 is 24.0. The van der Waals surface area contributed by atoms with Crippen LogP contribution in [0.15, 0.2) is 18.2 Å². The Morgan fingerprint density at radius 2 is 2.28 bits per heavy atom. The van der Waals surface area contributed by atoms with Gasteiger partial charge in [0.25, 0.3) is 5.91 Å². The molecule has 0 saturated carbocycles. The summed E-state index contributed by atoms with van der Waals surface area (Å²) in [6, 6.07) is 3.66. The van der Waals surface area contributed by atoms with Crippen molar-refractivity contribution >= 4 is 23.5 Å². The van der Waals surface area contributed by atoms with Crippen LogP contribution in [0.1, 0.15) is 13.3 Å². The van der Waals surface area contributed by atoms with Crippen LogP contribution in [0, 0.1) is 17.2 Å². The average Bonchev–Trinajstić information content (AvgIpc) is 2.97. The first-order valence-electron chi connectivity index (χ1n) is 8.05. The largest absolute Gasteiger partial charge is 0.481 e. The Morgan fingerprint density at radius 3 is 2.92 bits per heavy atom. The number of benzene rings is 1. The monoisotopic (exact) mass is 371 g/mol. The van der Waals surface area contributed by atoms with Crippen LogP contribution in [-0.4, -0.2) is 54.3 Å². The first-order valence-corrected chi connectivity index (χ1v) is 8.43. The van der Waals surface area contributed by atoms with Crippen LogP contribution in [0.25, 0.3) is 0 Å². The second kappa shape index (κ2) is 6.80. The van der Waals surface area contributed by atoms with Crippen molar-refractivity contribution in [3.63, 3.8) is 0 Å². The molecule has 136 valence electrons. The Bertz CT molecular complexity index is 700. The molecule has 0 radical (unpaired) electrons. The number of amides is 1. The number of rotatable bonds is 4. The van der Waals surface area contributed by atoms with Gasteiger partial charge in [0, 0.05) is 25.6 Å². The number of carbonyl (C=O) groups excluding carboxylic acids is 1. The van der Waals surface area contributed by atoms with E-state index in [1.807, 2.05) is 0 Å². The van der Waals surface area contributed by atoms with Crippen molar-refractivity contribution in [2.75, 3.05) is 26.3 Å². The molecule has 0 bridgehead atoms. The third-order valence-electron chi connectivity index (χ3n) is 4.99. The number of ether oxygens (including phenoxy) is 2. The zero-order valence-electron chi connectivity index (χ0n) is 13.7. The molecule has 0 spiro atoms. The average molecular weight is 372 g/mol. The lowest BCUT2D eigenvalue weighted by Gasteiger charge is -2.33. The Balaban J connectivity index is 1.71. The van der Waals surface area contributed by atoms with Gasteiger partial charge in [-0.2, -0.15) is 0 Å². The minimum atomic E-state index is -0.957. The van der Waals surface area contributed by atoms with Gasteiger partial charge < -0.3 is 19.5 Å². The Kier molecular flexibility index (Phi) is 4.88. The van der Waals surface area contributed by atoms with E-state index in [-0.39, 0.29) is 29.1 Å². The highest BCUT2D eigenvalue weighted by molar-refractivity contribution is 6.32. The van der Waals surface area contributed by atoms with E-state index >= 15 is 0 Å². The predicted molar refractivity (Wildman–Crippen MR) is 87.1 cm³/mol. The lowest BCUT2D eigenvalue weighted by molar-refractivity contribution is -0.157. The van der Waals surface area contributed by atoms with Gasteiger partial charge in [0.2, 0.25) is 0 Å². The van der Waals surface area contributed by atoms with Crippen LogP contribution in [0.5, 0.6) is 5.75 Å². The molecule has 0 aromatic heterocycles. The molecule has 2 aliphatic rings. The van der Waals surface area contributed by atoms with Gasteiger partial charge in [-0.3, -0.25) is 9.59 Å². The van der Waals surface area contributed by atoms with Crippen molar-refractivity contribution in [1.29, 1.82) is 0 Å². The minimum absolute atomic E-state index is 0.0742. The molecule has 6 nitrogen and oxygen atoms in total. The van der Waals surface area contributed by atoms with Crippen LogP contribution in [0.2, 0.25) is 5.02 Å². The number of nitrogens with zero attached hydrogens (tertiary/aromatic N) is 1. The van der Waals surface area contributed by atoms with Gasteiger partial charge in [-0.1, -0.05) is 11.6 Å². The summed E-state index contributed by atoms with van der Waals surface area (Å²) in [5, 5.41) is 9.73. The fourth-order valence-corrected chi connectivity index (χ4v) is 3.75. The molecule has 1 aromatic carbocycles. The molecule has 3 atom stereocenters. The fourth-order valence-electron chi connectivity index (χ4n) is 3.54. The topological polar surface area (TPSA) is 76.1 Å². The van der Waals surface area contributed by atoms with Crippen molar-refractivity contribution in [3.05, 3.63) is 29.0 Å². The normalized spacial score (nSPS) is 26.8. The maximum Gasteiger partial charge on any atom is 0.311 e. The van der Waals surface area contributed by atoms with Crippen molar-refractivity contribution < 1.29 is 28.6 Å². The van der Waals surface area contributed by atoms with Crippen LogP contribution < -0.4 is 4.74 Å². The van der Waals surface area contributed by atoms with Gasteiger partial charge in [0.15, 0.2) is 6.10 Å². The third-order valence-corrected chi connectivity index (χ3v) is 5.29.